The Labute approximate surface area is 73.1 Å². The molecule has 1 unspecified atom stereocenters. The predicted molar refractivity (Wildman–Crippen MR) is 47.0 cm³/mol. The molecule has 0 aromatic rings. The van der Waals surface area contributed by atoms with Crippen LogP contribution in [0.25, 0.3) is 0 Å². The third-order valence-electron chi connectivity index (χ3n) is 2.88. The number of piperidine rings is 1. The smallest absolute Gasteiger partial charge is 0.136 e. The Balaban J connectivity index is 1.81. The molecule has 0 amide bonds. The summed E-state index contributed by atoms with van der Waals surface area (Å²) in [5, 5.41) is 3.13. The summed E-state index contributed by atoms with van der Waals surface area (Å²) in [6.07, 6.45) is 2.99. The number of nitrogens with zero attached hydrogens (tertiary/aromatic N) is 1. The van der Waals surface area contributed by atoms with Gasteiger partial charge in [0.2, 0.25) is 0 Å². The van der Waals surface area contributed by atoms with E-state index in [1.807, 2.05) is 0 Å². The molecule has 2 aliphatic heterocycles. The lowest BCUT2D eigenvalue weighted by molar-refractivity contribution is 0.0405. The van der Waals surface area contributed by atoms with Crippen molar-refractivity contribution in [2.75, 3.05) is 32.7 Å². The maximum absolute atomic E-state index is 13.9. The van der Waals surface area contributed by atoms with E-state index in [4.69, 9.17) is 0 Å². The van der Waals surface area contributed by atoms with Gasteiger partial charge in [-0.2, -0.15) is 0 Å². The molecule has 1 atom stereocenters. The molecular formula is C9H17FN2. The predicted octanol–water partition coefficient (Wildman–Crippen LogP) is 0.784. The van der Waals surface area contributed by atoms with Gasteiger partial charge in [-0.15, -0.1) is 0 Å². The van der Waals surface area contributed by atoms with E-state index in [1.165, 1.54) is 6.42 Å². The van der Waals surface area contributed by atoms with Gasteiger partial charge in [0.25, 0.3) is 0 Å². The van der Waals surface area contributed by atoms with Crippen molar-refractivity contribution in [3.8, 4) is 0 Å². The number of nitrogens with one attached hydrogen (secondary N) is 1. The normalized spacial score (nSPS) is 37.8. The fourth-order valence-electron chi connectivity index (χ4n) is 2.01. The first-order valence-electron chi connectivity index (χ1n) is 4.91. The fourth-order valence-corrected chi connectivity index (χ4v) is 2.01. The molecule has 3 heteroatoms. The number of hydrogen-bond donors (Lipinski definition) is 1. The molecule has 2 aliphatic rings. The summed E-state index contributed by atoms with van der Waals surface area (Å²) in [6.45, 7) is 4.41. The number of alkyl halides is 1. The van der Waals surface area contributed by atoms with Crippen molar-refractivity contribution in [3.05, 3.63) is 0 Å². The Morgan fingerprint density at radius 2 is 2.17 bits per heavy atom. The zero-order valence-electron chi connectivity index (χ0n) is 7.48. The summed E-state index contributed by atoms with van der Waals surface area (Å²) >= 11 is 0. The molecule has 0 saturated carbocycles. The summed E-state index contributed by atoms with van der Waals surface area (Å²) in [5.74, 6) is 0. The largest absolute Gasteiger partial charge is 0.313 e. The van der Waals surface area contributed by atoms with Gasteiger partial charge in [0.1, 0.15) is 5.67 Å². The number of hydrogen-bond acceptors (Lipinski definition) is 2. The number of likely N-dealkylation sites (tertiary alicyclic amines) is 1. The molecule has 0 aliphatic carbocycles. The lowest BCUT2D eigenvalue weighted by Gasteiger charge is -2.39. The molecule has 70 valence electrons. The topological polar surface area (TPSA) is 15.3 Å². The van der Waals surface area contributed by atoms with Crippen LogP contribution in [0.4, 0.5) is 4.39 Å². The van der Waals surface area contributed by atoms with Crippen molar-refractivity contribution in [1.82, 2.24) is 10.2 Å². The Hall–Kier alpha value is -0.150. The fraction of sp³-hybridized carbons (Fsp3) is 1.00. The Morgan fingerprint density at radius 1 is 1.33 bits per heavy atom. The van der Waals surface area contributed by atoms with Crippen LogP contribution in [0.2, 0.25) is 0 Å². The summed E-state index contributed by atoms with van der Waals surface area (Å²) < 4.78 is 13.9. The van der Waals surface area contributed by atoms with Gasteiger partial charge in [-0.1, -0.05) is 0 Å². The Kier molecular flexibility index (Phi) is 2.33. The molecule has 0 spiro atoms. The van der Waals surface area contributed by atoms with Gasteiger partial charge in [-0.3, -0.25) is 0 Å². The molecule has 2 nitrogen and oxygen atoms in total. The molecule has 0 bridgehead atoms. The molecule has 2 saturated heterocycles. The van der Waals surface area contributed by atoms with Gasteiger partial charge in [-0.05, 0) is 38.9 Å². The van der Waals surface area contributed by atoms with E-state index in [-0.39, 0.29) is 0 Å². The molecule has 0 radical (unpaired) electrons. The summed E-state index contributed by atoms with van der Waals surface area (Å²) in [7, 11) is 0. The van der Waals surface area contributed by atoms with Crippen molar-refractivity contribution in [2.45, 2.75) is 24.9 Å². The minimum atomic E-state index is -0.932. The zero-order chi connectivity index (χ0) is 8.44. The SMILES string of the molecule is FC1(CN2CCC2)CCCNC1. The van der Waals surface area contributed by atoms with Crippen LogP contribution in [0, 0.1) is 0 Å². The molecular weight excluding hydrogens is 155 g/mol. The first kappa shape index (κ1) is 8.45. The molecule has 2 heterocycles. The van der Waals surface area contributed by atoms with Crippen molar-refractivity contribution < 1.29 is 4.39 Å². The summed E-state index contributed by atoms with van der Waals surface area (Å²) in [6, 6.07) is 0. The Bertz CT molecular complexity index is 151. The first-order valence-corrected chi connectivity index (χ1v) is 4.91. The molecule has 2 rings (SSSR count). The monoisotopic (exact) mass is 172 g/mol. The second-order valence-corrected chi connectivity index (χ2v) is 4.06. The average molecular weight is 172 g/mol. The highest BCUT2D eigenvalue weighted by Crippen LogP contribution is 2.24. The van der Waals surface area contributed by atoms with Crippen molar-refractivity contribution in [3.63, 3.8) is 0 Å². The van der Waals surface area contributed by atoms with Crippen LogP contribution in [0.1, 0.15) is 19.3 Å². The van der Waals surface area contributed by atoms with Crippen LogP contribution >= 0.6 is 0 Å². The third-order valence-corrected chi connectivity index (χ3v) is 2.88. The second kappa shape index (κ2) is 3.30. The average Bonchev–Trinajstić information content (AvgIpc) is 1.99. The van der Waals surface area contributed by atoms with E-state index in [1.54, 1.807) is 0 Å². The van der Waals surface area contributed by atoms with E-state index in [2.05, 4.69) is 10.2 Å². The quantitative estimate of drug-likeness (QED) is 0.662. The van der Waals surface area contributed by atoms with Crippen LogP contribution in [0.15, 0.2) is 0 Å². The van der Waals surface area contributed by atoms with E-state index in [0.29, 0.717) is 13.1 Å². The highest BCUT2D eigenvalue weighted by atomic mass is 19.1. The maximum Gasteiger partial charge on any atom is 0.136 e. The number of halogens is 1. The van der Waals surface area contributed by atoms with Crippen LogP contribution in [0.3, 0.4) is 0 Å². The highest BCUT2D eigenvalue weighted by Gasteiger charge is 2.34. The van der Waals surface area contributed by atoms with Crippen molar-refractivity contribution >= 4 is 0 Å². The van der Waals surface area contributed by atoms with E-state index in [9.17, 15) is 4.39 Å². The third kappa shape index (κ3) is 1.77. The number of rotatable bonds is 2. The highest BCUT2D eigenvalue weighted by molar-refractivity contribution is 4.90. The molecule has 12 heavy (non-hydrogen) atoms. The van der Waals surface area contributed by atoms with E-state index in [0.717, 1.165) is 32.5 Å². The maximum atomic E-state index is 13.9. The summed E-state index contributed by atoms with van der Waals surface area (Å²) in [4.78, 5) is 2.22. The van der Waals surface area contributed by atoms with Gasteiger partial charge in [0, 0.05) is 13.1 Å². The van der Waals surface area contributed by atoms with Gasteiger partial charge in [-0.25, -0.2) is 4.39 Å². The molecule has 0 aromatic carbocycles. The van der Waals surface area contributed by atoms with Gasteiger partial charge < -0.3 is 10.2 Å². The van der Waals surface area contributed by atoms with E-state index >= 15 is 0 Å². The lowest BCUT2D eigenvalue weighted by Crippen LogP contribution is -2.53. The standard InChI is InChI=1S/C9H17FN2/c10-9(3-1-4-11-7-9)8-12-5-2-6-12/h11H,1-8H2. The first-order chi connectivity index (χ1) is 5.79. The summed E-state index contributed by atoms with van der Waals surface area (Å²) in [5.41, 5.74) is -0.932. The lowest BCUT2D eigenvalue weighted by atomic mass is 9.94. The minimum Gasteiger partial charge on any atom is -0.313 e. The van der Waals surface area contributed by atoms with Gasteiger partial charge >= 0.3 is 0 Å². The zero-order valence-corrected chi connectivity index (χ0v) is 7.48. The Morgan fingerprint density at radius 3 is 2.67 bits per heavy atom. The molecule has 1 N–H and O–H groups in total. The van der Waals surface area contributed by atoms with Crippen LogP contribution in [0.5, 0.6) is 0 Å². The molecule has 2 fully saturated rings. The minimum absolute atomic E-state index is 0.559. The van der Waals surface area contributed by atoms with Gasteiger partial charge in [0.05, 0.1) is 0 Å². The van der Waals surface area contributed by atoms with E-state index < -0.39 is 5.67 Å². The van der Waals surface area contributed by atoms with Gasteiger partial charge in [0.15, 0.2) is 0 Å². The van der Waals surface area contributed by atoms with Crippen molar-refractivity contribution in [1.29, 1.82) is 0 Å². The second-order valence-electron chi connectivity index (χ2n) is 4.06. The molecule has 0 aromatic heterocycles. The van der Waals surface area contributed by atoms with Crippen LogP contribution in [-0.2, 0) is 0 Å². The van der Waals surface area contributed by atoms with Crippen LogP contribution < -0.4 is 5.32 Å². The van der Waals surface area contributed by atoms with Crippen molar-refractivity contribution in [2.24, 2.45) is 0 Å². The van der Waals surface area contributed by atoms with Crippen LogP contribution in [-0.4, -0.2) is 43.3 Å².